The summed E-state index contributed by atoms with van der Waals surface area (Å²) in [4.78, 5) is 51.2. The number of carbonyl (C=O) groups is 4. The zero-order valence-electron chi connectivity index (χ0n) is 21.2. The lowest BCUT2D eigenvalue weighted by atomic mass is 10.0. The van der Waals surface area contributed by atoms with Crippen LogP contribution in [0.1, 0.15) is 61.5 Å². The lowest BCUT2D eigenvalue weighted by Gasteiger charge is -2.17. The Morgan fingerprint density at radius 3 is 2.25 bits per heavy atom. The number of ether oxygens (including phenoxy) is 2. The molecule has 3 rings (SSSR count). The highest BCUT2D eigenvalue weighted by molar-refractivity contribution is 6.00. The van der Waals surface area contributed by atoms with Gasteiger partial charge in [0.05, 0.1) is 18.1 Å². The summed E-state index contributed by atoms with van der Waals surface area (Å²) in [5.74, 6) is -2.30. The second-order valence-corrected chi connectivity index (χ2v) is 8.76. The lowest BCUT2D eigenvalue weighted by molar-refractivity contribution is -0.151. The first-order chi connectivity index (χ1) is 17.4. The van der Waals surface area contributed by atoms with Crippen LogP contribution < -0.4 is 10.2 Å². The zero-order valence-corrected chi connectivity index (χ0v) is 21.2. The van der Waals surface area contributed by atoms with Gasteiger partial charge >= 0.3 is 11.9 Å². The summed E-state index contributed by atoms with van der Waals surface area (Å²) < 4.78 is 10.4. The number of para-hydroxylation sites is 1. The molecule has 2 amide bonds. The van der Waals surface area contributed by atoms with Crippen LogP contribution in [0.25, 0.3) is 0 Å². The number of amides is 2. The molecule has 0 saturated carbocycles. The third kappa shape index (κ3) is 6.71. The topological polar surface area (TPSA) is 102 Å². The quantitative estimate of drug-likeness (QED) is 0.369. The molecule has 0 bridgehead atoms. The molecule has 1 saturated heterocycles. The van der Waals surface area contributed by atoms with E-state index >= 15 is 0 Å². The van der Waals surface area contributed by atoms with Crippen molar-refractivity contribution in [3.05, 3.63) is 59.2 Å². The Morgan fingerprint density at radius 1 is 0.972 bits per heavy atom. The fourth-order valence-corrected chi connectivity index (χ4v) is 4.12. The maximum atomic E-state index is 12.6. The average Bonchev–Trinajstić information content (AvgIpc) is 3.29. The summed E-state index contributed by atoms with van der Waals surface area (Å²) in [6.45, 7) is 6.15. The van der Waals surface area contributed by atoms with Crippen molar-refractivity contribution in [2.24, 2.45) is 5.92 Å². The Kier molecular flexibility index (Phi) is 9.61. The van der Waals surface area contributed by atoms with Gasteiger partial charge in [0.1, 0.15) is 0 Å². The molecule has 1 heterocycles. The van der Waals surface area contributed by atoms with E-state index in [0.717, 1.165) is 42.5 Å². The Labute approximate surface area is 212 Å². The van der Waals surface area contributed by atoms with Crippen molar-refractivity contribution in [1.82, 2.24) is 0 Å². The van der Waals surface area contributed by atoms with E-state index in [9.17, 15) is 19.2 Å². The molecule has 1 N–H and O–H groups in total. The van der Waals surface area contributed by atoms with Gasteiger partial charge in [-0.05, 0) is 54.7 Å². The molecule has 2 aromatic carbocycles. The Bertz CT molecular complexity index is 1070. The molecule has 1 aliphatic rings. The average molecular weight is 495 g/mol. The molecule has 8 nitrogen and oxygen atoms in total. The van der Waals surface area contributed by atoms with Crippen molar-refractivity contribution in [2.75, 3.05) is 30.0 Å². The molecule has 8 heteroatoms. The summed E-state index contributed by atoms with van der Waals surface area (Å²) >= 11 is 0. The molecule has 1 atom stereocenters. The summed E-state index contributed by atoms with van der Waals surface area (Å²) in [5, 5.41) is 2.87. The van der Waals surface area contributed by atoms with Crippen LogP contribution in [0, 0.1) is 5.92 Å². The first-order valence-electron chi connectivity index (χ1n) is 12.5. The minimum Gasteiger partial charge on any atom is -0.462 e. The third-order valence-electron chi connectivity index (χ3n) is 6.21. The maximum absolute atomic E-state index is 12.6. The molecule has 36 heavy (non-hydrogen) atoms. The predicted octanol–water partition coefficient (Wildman–Crippen LogP) is 4.30. The third-order valence-corrected chi connectivity index (χ3v) is 6.21. The largest absolute Gasteiger partial charge is 0.462 e. The van der Waals surface area contributed by atoms with Crippen LogP contribution in [0.5, 0.6) is 0 Å². The molecule has 1 aliphatic heterocycles. The number of hydrogen-bond donors (Lipinski definition) is 1. The lowest BCUT2D eigenvalue weighted by Crippen LogP contribution is -2.28. The number of hydrogen-bond acceptors (Lipinski definition) is 6. The van der Waals surface area contributed by atoms with Crippen molar-refractivity contribution in [3.8, 4) is 0 Å². The van der Waals surface area contributed by atoms with Gasteiger partial charge in [0, 0.05) is 24.3 Å². The van der Waals surface area contributed by atoms with E-state index in [2.05, 4.69) is 5.32 Å². The molecule has 1 fully saturated rings. The van der Waals surface area contributed by atoms with Crippen LogP contribution in [-0.4, -0.2) is 43.5 Å². The van der Waals surface area contributed by atoms with E-state index < -0.39 is 30.4 Å². The number of rotatable bonds is 11. The van der Waals surface area contributed by atoms with Crippen LogP contribution in [0.4, 0.5) is 11.4 Å². The standard InChI is InChI=1S/C28H34N2O6/c1-4-7-15-35-27(33)21-11-13-23(14-12-21)30-17-22(16-25(30)32)28(34)36-18-24(31)29-26-19(5-2)9-8-10-20(26)6-3/h8-14,22H,4-7,15-18H2,1-3H3,(H,29,31)/t22-/m0/s1. The first-order valence-corrected chi connectivity index (χ1v) is 12.5. The number of esters is 2. The highest BCUT2D eigenvalue weighted by atomic mass is 16.5. The van der Waals surface area contributed by atoms with Gasteiger partial charge in [-0.25, -0.2) is 4.79 Å². The molecule has 0 aromatic heterocycles. The Balaban J connectivity index is 1.53. The summed E-state index contributed by atoms with van der Waals surface area (Å²) in [6.07, 6.45) is 3.27. The van der Waals surface area contributed by atoms with Gasteiger partial charge in [0.15, 0.2) is 6.61 Å². The van der Waals surface area contributed by atoms with Gasteiger partial charge < -0.3 is 19.7 Å². The molecule has 0 aliphatic carbocycles. The second kappa shape index (κ2) is 12.9. The van der Waals surface area contributed by atoms with E-state index in [1.54, 1.807) is 24.3 Å². The fourth-order valence-electron chi connectivity index (χ4n) is 4.12. The number of benzene rings is 2. The van der Waals surface area contributed by atoms with Gasteiger partial charge in [0.25, 0.3) is 5.91 Å². The van der Waals surface area contributed by atoms with Crippen molar-refractivity contribution in [2.45, 2.75) is 52.9 Å². The normalized spacial score (nSPS) is 15.0. The Hall–Kier alpha value is -3.68. The van der Waals surface area contributed by atoms with Crippen LogP contribution in [-0.2, 0) is 36.7 Å². The smallest absolute Gasteiger partial charge is 0.338 e. The van der Waals surface area contributed by atoms with Crippen LogP contribution in [0.2, 0.25) is 0 Å². The van der Waals surface area contributed by atoms with E-state index in [1.165, 1.54) is 4.90 Å². The van der Waals surface area contributed by atoms with Gasteiger partial charge in [0.2, 0.25) is 5.91 Å². The van der Waals surface area contributed by atoms with Crippen LogP contribution >= 0.6 is 0 Å². The van der Waals surface area contributed by atoms with E-state index in [0.29, 0.717) is 17.9 Å². The number of carbonyl (C=O) groups excluding carboxylic acids is 4. The van der Waals surface area contributed by atoms with E-state index in [-0.39, 0.29) is 18.9 Å². The van der Waals surface area contributed by atoms with E-state index in [1.807, 2.05) is 39.0 Å². The summed E-state index contributed by atoms with van der Waals surface area (Å²) in [7, 11) is 0. The SMILES string of the molecule is CCCCOC(=O)c1ccc(N2C[C@@H](C(=O)OCC(=O)Nc3c(CC)cccc3CC)CC2=O)cc1. The minimum atomic E-state index is -0.668. The number of aryl methyl sites for hydroxylation is 2. The maximum Gasteiger partial charge on any atom is 0.338 e. The zero-order chi connectivity index (χ0) is 26.1. The molecule has 192 valence electrons. The number of anilines is 2. The highest BCUT2D eigenvalue weighted by Gasteiger charge is 2.36. The van der Waals surface area contributed by atoms with Gasteiger partial charge in [-0.2, -0.15) is 0 Å². The van der Waals surface area contributed by atoms with Gasteiger partial charge in [-0.3, -0.25) is 14.4 Å². The molecule has 0 radical (unpaired) electrons. The molecular weight excluding hydrogens is 460 g/mol. The summed E-state index contributed by atoms with van der Waals surface area (Å²) in [5.41, 5.74) is 3.79. The number of nitrogens with zero attached hydrogens (tertiary/aromatic N) is 1. The van der Waals surface area contributed by atoms with Crippen molar-refractivity contribution < 1.29 is 28.7 Å². The summed E-state index contributed by atoms with van der Waals surface area (Å²) in [6, 6.07) is 12.4. The minimum absolute atomic E-state index is 0.0000851. The second-order valence-electron chi connectivity index (χ2n) is 8.76. The number of unbranched alkanes of at least 4 members (excludes halogenated alkanes) is 1. The Morgan fingerprint density at radius 2 is 1.64 bits per heavy atom. The molecular formula is C28H34N2O6. The van der Waals surface area contributed by atoms with Crippen LogP contribution in [0.3, 0.4) is 0 Å². The van der Waals surface area contributed by atoms with Gasteiger partial charge in [-0.1, -0.05) is 45.4 Å². The molecule has 0 spiro atoms. The van der Waals surface area contributed by atoms with Gasteiger partial charge in [-0.15, -0.1) is 0 Å². The monoisotopic (exact) mass is 494 g/mol. The predicted molar refractivity (Wildman–Crippen MR) is 137 cm³/mol. The molecule has 0 unspecified atom stereocenters. The molecule has 2 aromatic rings. The van der Waals surface area contributed by atoms with Crippen molar-refractivity contribution in [1.29, 1.82) is 0 Å². The number of nitrogens with one attached hydrogen (secondary N) is 1. The van der Waals surface area contributed by atoms with Crippen LogP contribution in [0.15, 0.2) is 42.5 Å². The van der Waals surface area contributed by atoms with E-state index in [4.69, 9.17) is 9.47 Å². The first kappa shape index (κ1) is 26.9. The van der Waals surface area contributed by atoms with Crippen molar-refractivity contribution in [3.63, 3.8) is 0 Å². The fraction of sp³-hybridized carbons (Fsp3) is 0.429. The highest BCUT2D eigenvalue weighted by Crippen LogP contribution is 2.27. The van der Waals surface area contributed by atoms with Crippen molar-refractivity contribution >= 4 is 35.1 Å².